The molecule has 1 atom stereocenters. The zero-order chi connectivity index (χ0) is 18.9. The fourth-order valence-electron chi connectivity index (χ4n) is 2.85. The molecule has 1 amide bonds. The maximum Gasteiger partial charge on any atom is 0.359 e. The predicted octanol–water partition coefficient (Wildman–Crippen LogP) is -0.275. The van der Waals surface area contributed by atoms with Crippen LogP contribution in [0.15, 0.2) is 29.1 Å². The van der Waals surface area contributed by atoms with Gasteiger partial charge in [-0.2, -0.15) is 5.10 Å². The van der Waals surface area contributed by atoms with E-state index < -0.39 is 39.9 Å². The lowest BCUT2D eigenvalue weighted by molar-refractivity contribution is -0.134. The van der Waals surface area contributed by atoms with E-state index in [-0.39, 0.29) is 22.6 Å². The van der Waals surface area contributed by atoms with Crippen molar-refractivity contribution in [2.24, 2.45) is 0 Å². The van der Waals surface area contributed by atoms with Crippen molar-refractivity contribution in [3.8, 4) is 0 Å². The van der Waals surface area contributed by atoms with Gasteiger partial charge in [0.2, 0.25) is 0 Å². The molecule has 1 aromatic heterocycles. The molecule has 1 aliphatic rings. The number of likely N-dealkylation sites (N-methyl/N-ethyl adjacent to an activating group) is 1. The Morgan fingerprint density at radius 2 is 2.00 bits per heavy atom. The third kappa shape index (κ3) is 3.59. The van der Waals surface area contributed by atoms with Crippen molar-refractivity contribution in [2.75, 3.05) is 25.2 Å². The van der Waals surface area contributed by atoms with Crippen LogP contribution in [0.3, 0.4) is 0 Å². The van der Waals surface area contributed by atoms with Crippen LogP contribution >= 0.6 is 0 Å². The highest BCUT2D eigenvalue weighted by Crippen LogP contribution is 2.17. The van der Waals surface area contributed by atoms with Gasteiger partial charge in [0.05, 0.1) is 16.9 Å². The largest absolute Gasteiger partial charge is 0.451 e. The summed E-state index contributed by atoms with van der Waals surface area (Å²) < 4.78 is 28.0. The van der Waals surface area contributed by atoms with Crippen LogP contribution in [0, 0.1) is 0 Å². The summed E-state index contributed by atoms with van der Waals surface area (Å²) in [6, 6.07) is 6.00. The molecule has 1 aliphatic heterocycles. The molecule has 2 aromatic rings. The summed E-state index contributed by atoms with van der Waals surface area (Å²) in [4.78, 5) is 37.4. The number of nitrogens with zero attached hydrogens (tertiary/aromatic N) is 2. The Labute approximate surface area is 148 Å². The smallest absolute Gasteiger partial charge is 0.359 e. The second-order valence-corrected chi connectivity index (χ2v) is 8.31. The van der Waals surface area contributed by atoms with E-state index >= 15 is 0 Å². The van der Waals surface area contributed by atoms with Crippen LogP contribution in [0.5, 0.6) is 0 Å². The van der Waals surface area contributed by atoms with Crippen LogP contribution in [0.25, 0.3) is 10.8 Å². The summed E-state index contributed by atoms with van der Waals surface area (Å²) in [5.41, 5.74) is -0.533. The number of rotatable bonds is 4. The van der Waals surface area contributed by atoms with E-state index in [4.69, 9.17) is 4.74 Å². The SMILES string of the molecule is CN(C(=O)COC(=O)c1n[nH]c(=O)c2ccccc12)C1CCS(=O)(=O)C1. The minimum Gasteiger partial charge on any atom is -0.451 e. The summed E-state index contributed by atoms with van der Waals surface area (Å²) in [6.45, 7) is -0.541. The first-order valence-electron chi connectivity index (χ1n) is 7.89. The Morgan fingerprint density at radius 3 is 2.65 bits per heavy atom. The Kier molecular flexibility index (Phi) is 4.77. The first-order valence-corrected chi connectivity index (χ1v) is 9.71. The van der Waals surface area contributed by atoms with E-state index in [0.717, 1.165) is 0 Å². The van der Waals surface area contributed by atoms with Crippen LogP contribution in [0.1, 0.15) is 16.9 Å². The molecule has 26 heavy (non-hydrogen) atoms. The number of aromatic nitrogens is 2. The lowest BCUT2D eigenvalue weighted by Crippen LogP contribution is -2.40. The van der Waals surface area contributed by atoms with Gasteiger partial charge in [0.1, 0.15) is 0 Å². The van der Waals surface area contributed by atoms with Crippen molar-refractivity contribution >= 4 is 32.5 Å². The number of hydrogen-bond donors (Lipinski definition) is 1. The van der Waals surface area contributed by atoms with Gasteiger partial charge in [0.25, 0.3) is 11.5 Å². The maximum absolute atomic E-state index is 12.2. The van der Waals surface area contributed by atoms with E-state index in [2.05, 4.69) is 10.2 Å². The van der Waals surface area contributed by atoms with Gasteiger partial charge in [-0.1, -0.05) is 18.2 Å². The van der Waals surface area contributed by atoms with Crippen LogP contribution in [-0.4, -0.2) is 66.6 Å². The zero-order valence-electron chi connectivity index (χ0n) is 14.0. The Hall–Kier alpha value is -2.75. The number of carbonyl (C=O) groups excluding carboxylic acids is 2. The summed E-state index contributed by atoms with van der Waals surface area (Å²) >= 11 is 0. The fourth-order valence-corrected chi connectivity index (χ4v) is 4.63. The summed E-state index contributed by atoms with van der Waals surface area (Å²) in [6.07, 6.45) is 0.366. The number of H-pyrrole nitrogens is 1. The van der Waals surface area contributed by atoms with Crippen LogP contribution < -0.4 is 5.56 Å². The first-order chi connectivity index (χ1) is 12.3. The van der Waals surface area contributed by atoms with E-state index in [1.54, 1.807) is 24.3 Å². The molecule has 10 heteroatoms. The highest BCUT2D eigenvalue weighted by atomic mass is 32.2. The van der Waals surface area contributed by atoms with Gasteiger partial charge in [0.15, 0.2) is 22.1 Å². The van der Waals surface area contributed by atoms with Crippen LogP contribution in [-0.2, 0) is 19.4 Å². The number of esters is 1. The number of fused-ring (bicyclic) bond motifs is 1. The lowest BCUT2D eigenvalue weighted by Gasteiger charge is -2.23. The van der Waals surface area contributed by atoms with Crippen LogP contribution in [0.2, 0.25) is 0 Å². The van der Waals surface area contributed by atoms with Crippen molar-refractivity contribution in [2.45, 2.75) is 12.5 Å². The molecular weight excluding hydrogens is 362 g/mol. The Bertz CT molecular complexity index is 1030. The second-order valence-electron chi connectivity index (χ2n) is 6.08. The number of aromatic amines is 1. The summed E-state index contributed by atoms with van der Waals surface area (Å²) in [7, 11) is -1.64. The molecule has 0 aliphatic carbocycles. The number of nitrogens with one attached hydrogen (secondary N) is 1. The topological polar surface area (TPSA) is 126 Å². The maximum atomic E-state index is 12.2. The third-order valence-electron chi connectivity index (χ3n) is 4.37. The average molecular weight is 379 g/mol. The van der Waals surface area contributed by atoms with E-state index in [9.17, 15) is 22.8 Å². The molecule has 9 nitrogen and oxygen atoms in total. The first kappa shape index (κ1) is 18.1. The standard InChI is InChI=1S/C16H17N3O6S/c1-19(10-6-7-26(23,24)9-10)13(20)8-25-16(22)14-11-4-2-3-5-12(11)15(21)18-17-14/h2-5,10H,6-9H2,1H3,(H,18,21). The number of amides is 1. The molecule has 1 unspecified atom stereocenters. The molecular formula is C16H17N3O6S. The van der Waals surface area contributed by atoms with Gasteiger partial charge >= 0.3 is 5.97 Å². The monoisotopic (exact) mass is 379 g/mol. The molecule has 138 valence electrons. The van der Waals surface area contributed by atoms with Gasteiger partial charge in [-0.05, 0) is 12.5 Å². The average Bonchev–Trinajstić information content (AvgIpc) is 2.99. The van der Waals surface area contributed by atoms with E-state index in [1.807, 2.05) is 0 Å². The van der Waals surface area contributed by atoms with E-state index in [1.165, 1.54) is 11.9 Å². The van der Waals surface area contributed by atoms with Gasteiger partial charge in [0, 0.05) is 18.5 Å². The van der Waals surface area contributed by atoms with Crippen molar-refractivity contribution in [1.82, 2.24) is 15.1 Å². The van der Waals surface area contributed by atoms with Crippen molar-refractivity contribution in [1.29, 1.82) is 0 Å². The summed E-state index contributed by atoms with van der Waals surface area (Å²) in [5.74, 6) is -1.40. The Morgan fingerprint density at radius 1 is 1.31 bits per heavy atom. The number of sulfone groups is 1. The molecule has 2 heterocycles. The van der Waals surface area contributed by atoms with Gasteiger partial charge in [-0.3, -0.25) is 9.59 Å². The Balaban J connectivity index is 1.69. The molecule has 1 saturated heterocycles. The zero-order valence-corrected chi connectivity index (χ0v) is 14.8. The molecule has 1 N–H and O–H groups in total. The second kappa shape index (κ2) is 6.87. The van der Waals surface area contributed by atoms with Crippen LogP contribution in [0.4, 0.5) is 0 Å². The molecule has 0 bridgehead atoms. The number of ether oxygens (including phenoxy) is 1. The molecule has 0 spiro atoms. The fraction of sp³-hybridized carbons (Fsp3) is 0.375. The lowest BCUT2D eigenvalue weighted by atomic mass is 10.1. The highest BCUT2D eigenvalue weighted by molar-refractivity contribution is 7.91. The number of hydrogen-bond acceptors (Lipinski definition) is 7. The summed E-state index contributed by atoms with van der Waals surface area (Å²) in [5, 5.41) is 6.54. The highest BCUT2D eigenvalue weighted by Gasteiger charge is 2.33. The van der Waals surface area contributed by atoms with E-state index in [0.29, 0.717) is 11.8 Å². The van der Waals surface area contributed by atoms with Crippen molar-refractivity contribution in [3.63, 3.8) is 0 Å². The van der Waals surface area contributed by atoms with Gasteiger partial charge in [-0.25, -0.2) is 18.3 Å². The molecule has 0 saturated carbocycles. The third-order valence-corrected chi connectivity index (χ3v) is 6.12. The number of carbonyl (C=O) groups is 2. The molecule has 1 fully saturated rings. The predicted molar refractivity (Wildman–Crippen MR) is 92.5 cm³/mol. The minimum absolute atomic E-state index is 0.0440. The molecule has 0 radical (unpaired) electrons. The van der Waals surface area contributed by atoms with Gasteiger partial charge < -0.3 is 9.64 Å². The molecule has 3 rings (SSSR count). The normalized spacial score (nSPS) is 18.6. The quantitative estimate of drug-likeness (QED) is 0.724. The van der Waals surface area contributed by atoms with Crippen molar-refractivity contribution < 1.29 is 22.7 Å². The minimum atomic E-state index is -3.12. The van der Waals surface area contributed by atoms with Crippen molar-refractivity contribution in [3.05, 3.63) is 40.3 Å². The number of benzene rings is 1. The molecule has 1 aromatic carbocycles. The van der Waals surface area contributed by atoms with Gasteiger partial charge in [-0.15, -0.1) is 0 Å².